The molecule has 3 aliphatic rings. The number of carbonyl (C=O) groups is 2. The fourth-order valence-electron chi connectivity index (χ4n) is 4.00. The van der Waals surface area contributed by atoms with Crippen molar-refractivity contribution in [2.45, 2.75) is 38.4 Å². The maximum atomic E-state index is 12.4. The Kier molecular flexibility index (Phi) is 5.30. The molecule has 0 unspecified atom stereocenters. The number of fused-ring (bicyclic) bond motifs is 1. The van der Waals surface area contributed by atoms with Crippen molar-refractivity contribution >= 4 is 17.7 Å². The summed E-state index contributed by atoms with van der Waals surface area (Å²) in [7, 11) is 0. The van der Waals surface area contributed by atoms with Crippen LogP contribution in [0.15, 0.2) is 18.2 Å². The highest BCUT2D eigenvalue weighted by Gasteiger charge is 2.44. The molecule has 152 valence electrons. The van der Waals surface area contributed by atoms with Crippen LogP contribution in [0.3, 0.4) is 0 Å². The van der Waals surface area contributed by atoms with Gasteiger partial charge in [0, 0.05) is 50.8 Å². The van der Waals surface area contributed by atoms with Crippen LogP contribution in [0, 0.1) is 0 Å². The van der Waals surface area contributed by atoms with E-state index < -0.39 is 5.79 Å². The van der Waals surface area contributed by atoms with E-state index in [-0.39, 0.29) is 18.5 Å². The standard InChI is InChI=1S/C20H27N3O5/c1-2-26-19(25)23-11-9-22(10-12-23)14-18(24)21-15-5-6-16-17(13-15)28-20(27-16)7-3-4-8-20/h5-6,13H,2-4,7-12,14H2,1H3,(H,21,24). The smallest absolute Gasteiger partial charge is 0.409 e. The van der Waals surface area contributed by atoms with Crippen LogP contribution >= 0.6 is 0 Å². The molecule has 0 bridgehead atoms. The van der Waals surface area contributed by atoms with E-state index in [0.29, 0.717) is 44.2 Å². The normalized spacial score (nSPS) is 20.4. The van der Waals surface area contributed by atoms with Gasteiger partial charge in [0.2, 0.25) is 5.91 Å². The Bertz CT molecular complexity index is 739. The average Bonchev–Trinajstić information content (AvgIpc) is 3.28. The minimum Gasteiger partial charge on any atom is -0.450 e. The van der Waals surface area contributed by atoms with Crippen molar-refractivity contribution in [3.05, 3.63) is 18.2 Å². The lowest BCUT2D eigenvalue weighted by Gasteiger charge is -2.33. The van der Waals surface area contributed by atoms with Crippen LogP contribution in [-0.4, -0.2) is 66.9 Å². The molecule has 2 heterocycles. The van der Waals surface area contributed by atoms with E-state index in [1.165, 1.54) is 0 Å². The number of amides is 2. The second kappa shape index (κ2) is 7.87. The molecule has 2 amide bonds. The summed E-state index contributed by atoms with van der Waals surface area (Å²) in [5, 5.41) is 2.93. The fourth-order valence-corrected chi connectivity index (χ4v) is 4.00. The van der Waals surface area contributed by atoms with Crippen LogP contribution in [0.2, 0.25) is 0 Å². The highest BCUT2D eigenvalue weighted by molar-refractivity contribution is 5.92. The van der Waals surface area contributed by atoms with Crippen molar-refractivity contribution in [1.82, 2.24) is 9.80 Å². The van der Waals surface area contributed by atoms with Gasteiger partial charge in [0.15, 0.2) is 11.5 Å². The van der Waals surface area contributed by atoms with Crippen LogP contribution in [0.25, 0.3) is 0 Å². The molecular formula is C20H27N3O5. The van der Waals surface area contributed by atoms with E-state index in [9.17, 15) is 9.59 Å². The molecule has 1 saturated carbocycles. The second-order valence-corrected chi connectivity index (χ2v) is 7.49. The molecule has 1 N–H and O–H groups in total. The molecule has 1 saturated heterocycles. The zero-order valence-corrected chi connectivity index (χ0v) is 16.2. The van der Waals surface area contributed by atoms with Gasteiger partial charge in [-0.25, -0.2) is 4.79 Å². The summed E-state index contributed by atoms with van der Waals surface area (Å²) in [6.45, 7) is 4.89. The molecule has 1 spiro atoms. The van der Waals surface area contributed by atoms with Crippen molar-refractivity contribution in [1.29, 1.82) is 0 Å². The Labute approximate surface area is 164 Å². The third-order valence-corrected chi connectivity index (χ3v) is 5.45. The number of rotatable bonds is 4. The molecule has 28 heavy (non-hydrogen) atoms. The van der Waals surface area contributed by atoms with E-state index in [4.69, 9.17) is 14.2 Å². The van der Waals surface area contributed by atoms with Crippen LogP contribution < -0.4 is 14.8 Å². The summed E-state index contributed by atoms with van der Waals surface area (Å²) in [6.07, 6.45) is 3.75. The number of hydrogen-bond acceptors (Lipinski definition) is 6. The third kappa shape index (κ3) is 4.01. The molecule has 0 radical (unpaired) electrons. The number of hydrogen-bond donors (Lipinski definition) is 1. The molecule has 0 aromatic heterocycles. The number of nitrogens with one attached hydrogen (secondary N) is 1. The summed E-state index contributed by atoms with van der Waals surface area (Å²) in [4.78, 5) is 27.9. The van der Waals surface area contributed by atoms with Gasteiger partial charge in [-0.2, -0.15) is 0 Å². The summed E-state index contributed by atoms with van der Waals surface area (Å²) < 4.78 is 17.1. The van der Waals surface area contributed by atoms with Crippen molar-refractivity contribution < 1.29 is 23.8 Å². The van der Waals surface area contributed by atoms with Crippen LogP contribution in [0.4, 0.5) is 10.5 Å². The molecule has 1 aromatic carbocycles. The van der Waals surface area contributed by atoms with Gasteiger partial charge in [0.25, 0.3) is 5.79 Å². The van der Waals surface area contributed by atoms with Gasteiger partial charge in [0.05, 0.1) is 13.2 Å². The number of ether oxygens (including phenoxy) is 3. The van der Waals surface area contributed by atoms with Crippen molar-refractivity contribution in [2.75, 3.05) is 44.6 Å². The number of nitrogens with zero attached hydrogens (tertiary/aromatic N) is 2. The van der Waals surface area contributed by atoms with Crippen LogP contribution in [-0.2, 0) is 9.53 Å². The topological polar surface area (TPSA) is 80.3 Å². The zero-order chi connectivity index (χ0) is 19.6. The second-order valence-electron chi connectivity index (χ2n) is 7.49. The summed E-state index contributed by atoms with van der Waals surface area (Å²) in [5.41, 5.74) is 0.701. The number of benzene rings is 1. The monoisotopic (exact) mass is 389 g/mol. The lowest BCUT2D eigenvalue weighted by atomic mass is 10.2. The van der Waals surface area contributed by atoms with Crippen LogP contribution in [0.5, 0.6) is 11.5 Å². The van der Waals surface area contributed by atoms with Crippen LogP contribution in [0.1, 0.15) is 32.6 Å². The summed E-state index contributed by atoms with van der Waals surface area (Å²) >= 11 is 0. The van der Waals surface area contributed by atoms with Gasteiger partial charge in [-0.05, 0) is 31.9 Å². The minimum absolute atomic E-state index is 0.0842. The molecule has 2 aliphatic heterocycles. The average molecular weight is 389 g/mol. The van der Waals surface area contributed by atoms with Gasteiger partial charge < -0.3 is 24.4 Å². The fraction of sp³-hybridized carbons (Fsp3) is 0.600. The first kappa shape index (κ1) is 18.9. The van der Waals surface area contributed by atoms with Gasteiger partial charge in [-0.3, -0.25) is 9.69 Å². The highest BCUT2D eigenvalue weighted by Crippen LogP contribution is 2.47. The predicted molar refractivity (Wildman–Crippen MR) is 103 cm³/mol. The zero-order valence-electron chi connectivity index (χ0n) is 16.2. The molecule has 4 rings (SSSR count). The third-order valence-electron chi connectivity index (χ3n) is 5.45. The Morgan fingerprint density at radius 2 is 1.82 bits per heavy atom. The molecule has 1 aliphatic carbocycles. The first-order valence-electron chi connectivity index (χ1n) is 10.0. The SMILES string of the molecule is CCOC(=O)N1CCN(CC(=O)Nc2ccc3c(c2)OC2(CCCC2)O3)CC1. The van der Waals surface area contributed by atoms with E-state index in [2.05, 4.69) is 5.32 Å². The van der Waals surface area contributed by atoms with Crippen molar-refractivity contribution in [3.8, 4) is 11.5 Å². The Hall–Kier alpha value is -2.48. The number of piperazine rings is 1. The predicted octanol–water partition coefficient (Wildman–Crippen LogP) is 2.44. The van der Waals surface area contributed by atoms with Gasteiger partial charge >= 0.3 is 6.09 Å². The van der Waals surface area contributed by atoms with Gasteiger partial charge in [-0.15, -0.1) is 0 Å². The molecule has 1 aromatic rings. The largest absolute Gasteiger partial charge is 0.450 e. The number of carbonyl (C=O) groups excluding carboxylic acids is 2. The Balaban J connectivity index is 1.27. The highest BCUT2D eigenvalue weighted by atomic mass is 16.7. The number of anilines is 1. The summed E-state index contributed by atoms with van der Waals surface area (Å²) in [5.74, 6) is 0.862. The lowest BCUT2D eigenvalue weighted by Crippen LogP contribution is -2.50. The van der Waals surface area contributed by atoms with Crippen molar-refractivity contribution in [3.63, 3.8) is 0 Å². The van der Waals surface area contributed by atoms with E-state index in [1.807, 2.05) is 23.1 Å². The molecule has 2 fully saturated rings. The molecule has 8 heteroatoms. The first-order valence-corrected chi connectivity index (χ1v) is 10.0. The first-order chi connectivity index (χ1) is 13.6. The van der Waals surface area contributed by atoms with E-state index >= 15 is 0 Å². The van der Waals surface area contributed by atoms with Crippen molar-refractivity contribution in [2.24, 2.45) is 0 Å². The Morgan fingerprint density at radius 1 is 1.11 bits per heavy atom. The van der Waals surface area contributed by atoms with E-state index in [0.717, 1.165) is 31.4 Å². The minimum atomic E-state index is -0.496. The molecule has 0 atom stereocenters. The summed E-state index contributed by atoms with van der Waals surface area (Å²) in [6, 6.07) is 5.53. The van der Waals surface area contributed by atoms with E-state index in [1.54, 1.807) is 11.8 Å². The van der Waals surface area contributed by atoms with Gasteiger partial charge in [-0.1, -0.05) is 0 Å². The Morgan fingerprint density at radius 3 is 2.54 bits per heavy atom. The quantitative estimate of drug-likeness (QED) is 0.852. The maximum Gasteiger partial charge on any atom is 0.409 e. The lowest BCUT2D eigenvalue weighted by molar-refractivity contribution is -0.117. The van der Waals surface area contributed by atoms with Gasteiger partial charge in [0.1, 0.15) is 0 Å². The molecule has 8 nitrogen and oxygen atoms in total. The maximum absolute atomic E-state index is 12.4. The molecular weight excluding hydrogens is 362 g/mol.